The molecule has 206 valence electrons. The zero-order valence-corrected chi connectivity index (χ0v) is 22.7. The maximum Gasteiger partial charge on any atom is 0.258 e. The molecule has 1 saturated carbocycles. The Bertz CT molecular complexity index is 1370. The predicted octanol–water partition coefficient (Wildman–Crippen LogP) is 5.63. The number of ketones is 2. The standard InChI is InChI=1S/C30H33F2N3O4/c1-18-6-5-7-28(39-4)29(18)27(37)17-34(16-21-12-23(31)14-24(32)13-21)30(38)26-15-33-35(19(26)2)25-10-8-22(9-11-25)20(3)36/h5-7,12-15,22,25H,8-11,16-17H2,1-4H3/t22-,25-. The fraction of sp³-hybridized carbons (Fsp3) is 0.400. The lowest BCUT2D eigenvalue weighted by Gasteiger charge is -2.28. The van der Waals surface area contributed by atoms with Crippen LogP contribution in [0.1, 0.15) is 76.2 Å². The summed E-state index contributed by atoms with van der Waals surface area (Å²) in [4.78, 5) is 40.4. The number of carbonyl (C=O) groups is 3. The molecule has 0 radical (unpaired) electrons. The van der Waals surface area contributed by atoms with E-state index >= 15 is 0 Å². The molecule has 9 heteroatoms. The number of halogens is 2. The van der Waals surface area contributed by atoms with Crippen LogP contribution < -0.4 is 4.74 Å². The summed E-state index contributed by atoms with van der Waals surface area (Å²) in [5.41, 5.74) is 2.21. The number of methoxy groups -OCH3 is 1. The second-order valence-corrected chi connectivity index (χ2v) is 10.2. The average molecular weight is 538 g/mol. The van der Waals surface area contributed by atoms with Gasteiger partial charge in [-0.05, 0) is 75.8 Å². The Morgan fingerprint density at radius 2 is 1.72 bits per heavy atom. The second-order valence-electron chi connectivity index (χ2n) is 10.2. The van der Waals surface area contributed by atoms with E-state index in [4.69, 9.17) is 4.74 Å². The maximum atomic E-state index is 14.0. The Hall–Kier alpha value is -3.88. The smallest absolute Gasteiger partial charge is 0.258 e. The van der Waals surface area contributed by atoms with E-state index in [1.165, 1.54) is 18.2 Å². The number of carbonyl (C=O) groups excluding carboxylic acids is 3. The van der Waals surface area contributed by atoms with Gasteiger partial charge in [0.2, 0.25) is 0 Å². The molecule has 7 nitrogen and oxygen atoms in total. The van der Waals surface area contributed by atoms with Crippen LogP contribution in [-0.2, 0) is 11.3 Å². The van der Waals surface area contributed by atoms with E-state index in [-0.39, 0.29) is 42.2 Å². The van der Waals surface area contributed by atoms with E-state index in [0.717, 1.165) is 43.9 Å². The van der Waals surface area contributed by atoms with Gasteiger partial charge in [0.05, 0.1) is 37.0 Å². The van der Waals surface area contributed by atoms with Crippen LogP contribution in [0.5, 0.6) is 5.75 Å². The Balaban J connectivity index is 1.64. The molecule has 0 aliphatic heterocycles. The number of aromatic nitrogens is 2. The van der Waals surface area contributed by atoms with Crippen molar-refractivity contribution in [1.29, 1.82) is 0 Å². The highest BCUT2D eigenvalue weighted by atomic mass is 19.1. The lowest BCUT2D eigenvalue weighted by molar-refractivity contribution is -0.121. The van der Waals surface area contributed by atoms with Crippen molar-refractivity contribution in [2.24, 2.45) is 5.92 Å². The molecule has 1 aliphatic rings. The zero-order valence-electron chi connectivity index (χ0n) is 22.7. The van der Waals surface area contributed by atoms with Crippen LogP contribution in [0.3, 0.4) is 0 Å². The van der Waals surface area contributed by atoms with Crippen LogP contribution in [0.15, 0.2) is 42.6 Å². The summed E-state index contributed by atoms with van der Waals surface area (Å²) in [6.45, 7) is 4.69. The first kappa shape index (κ1) is 28.1. The SMILES string of the molecule is COc1cccc(C)c1C(=O)CN(Cc1cc(F)cc(F)c1)C(=O)c1cnn([C@H]2CC[C@H](C(C)=O)CC2)c1C. The molecule has 0 atom stereocenters. The highest BCUT2D eigenvalue weighted by Crippen LogP contribution is 2.33. The molecule has 39 heavy (non-hydrogen) atoms. The summed E-state index contributed by atoms with van der Waals surface area (Å²) in [5, 5.41) is 4.49. The number of ether oxygens (including phenoxy) is 1. The second kappa shape index (κ2) is 11.9. The third-order valence-electron chi connectivity index (χ3n) is 7.54. The summed E-state index contributed by atoms with van der Waals surface area (Å²) < 4.78 is 35.1. The lowest BCUT2D eigenvalue weighted by Crippen LogP contribution is -2.36. The number of Topliss-reactive ketones (excluding diaryl/α,β-unsaturated/α-hetero) is 2. The highest BCUT2D eigenvalue weighted by Gasteiger charge is 2.30. The maximum absolute atomic E-state index is 14.0. The number of rotatable bonds is 9. The van der Waals surface area contributed by atoms with Crippen LogP contribution >= 0.6 is 0 Å². The van der Waals surface area contributed by atoms with Crippen molar-refractivity contribution in [3.63, 3.8) is 0 Å². The first-order valence-electron chi connectivity index (χ1n) is 13.0. The van der Waals surface area contributed by atoms with E-state index < -0.39 is 17.5 Å². The first-order chi connectivity index (χ1) is 18.6. The Labute approximate surface area is 226 Å². The van der Waals surface area contributed by atoms with Gasteiger partial charge >= 0.3 is 0 Å². The van der Waals surface area contributed by atoms with Crippen molar-refractivity contribution in [3.8, 4) is 5.75 Å². The highest BCUT2D eigenvalue weighted by molar-refractivity contribution is 6.04. The molecular formula is C30H33F2N3O4. The summed E-state index contributed by atoms with van der Waals surface area (Å²) in [5.74, 6) is -1.73. The number of amides is 1. The summed E-state index contributed by atoms with van der Waals surface area (Å²) >= 11 is 0. The molecule has 1 aliphatic carbocycles. The minimum absolute atomic E-state index is 0.0600. The van der Waals surface area contributed by atoms with Crippen molar-refractivity contribution >= 4 is 17.5 Å². The van der Waals surface area contributed by atoms with Crippen molar-refractivity contribution in [2.75, 3.05) is 13.7 Å². The Morgan fingerprint density at radius 1 is 1.05 bits per heavy atom. The molecule has 1 amide bonds. The van der Waals surface area contributed by atoms with Crippen LogP contribution in [0, 0.1) is 31.4 Å². The topological polar surface area (TPSA) is 81.5 Å². The molecule has 1 heterocycles. The van der Waals surface area contributed by atoms with Crippen molar-refractivity contribution in [2.45, 2.75) is 59.0 Å². The van der Waals surface area contributed by atoms with Gasteiger partial charge in [-0.3, -0.25) is 19.1 Å². The molecule has 0 spiro atoms. The summed E-state index contributed by atoms with van der Waals surface area (Å²) in [6.07, 6.45) is 4.57. The van der Waals surface area contributed by atoms with E-state index in [0.29, 0.717) is 28.1 Å². The van der Waals surface area contributed by atoms with E-state index in [2.05, 4.69) is 5.10 Å². The van der Waals surface area contributed by atoms with Gasteiger partial charge < -0.3 is 9.64 Å². The molecular weight excluding hydrogens is 504 g/mol. The van der Waals surface area contributed by atoms with Gasteiger partial charge in [-0.2, -0.15) is 5.10 Å². The summed E-state index contributed by atoms with van der Waals surface area (Å²) in [6, 6.07) is 8.32. The number of aryl methyl sites for hydroxylation is 1. The number of hydrogen-bond donors (Lipinski definition) is 0. The molecule has 0 saturated heterocycles. The largest absolute Gasteiger partial charge is 0.496 e. The predicted molar refractivity (Wildman–Crippen MR) is 142 cm³/mol. The molecule has 1 fully saturated rings. The third kappa shape index (κ3) is 6.24. The fourth-order valence-corrected chi connectivity index (χ4v) is 5.44. The zero-order chi connectivity index (χ0) is 28.3. The number of benzene rings is 2. The van der Waals surface area contributed by atoms with Crippen molar-refractivity contribution < 1.29 is 27.9 Å². The van der Waals surface area contributed by atoms with Gasteiger partial charge in [-0.1, -0.05) is 12.1 Å². The Morgan fingerprint density at radius 3 is 2.33 bits per heavy atom. The van der Waals surface area contributed by atoms with Gasteiger partial charge in [-0.15, -0.1) is 0 Å². The first-order valence-corrected chi connectivity index (χ1v) is 13.0. The molecule has 2 aromatic carbocycles. The fourth-order valence-electron chi connectivity index (χ4n) is 5.44. The van der Waals surface area contributed by atoms with Crippen LogP contribution in [0.4, 0.5) is 8.78 Å². The normalized spacial score (nSPS) is 17.1. The van der Waals surface area contributed by atoms with E-state index in [1.54, 1.807) is 39.0 Å². The van der Waals surface area contributed by atoms with E-state index in [9.17, 15) is 23.2 Å². The minimum Gasteiger partial charge on any atom is -0.496 e. The van der Waals surface area contributed by atoms with Crippen LogP contribution in [0.2, 0.25) is 0 Å². The molecule has 0 bridgehead atoms. The lowest BCUT2D eigenvalue weighted by atomic mass is 9.84. The Kier molecular flexibility index (Phi) is 8.57. The van der Waals surface area contributed by atoms with Gasteiger partial charge in [0.15, 0.2) is 5.78 Å². The van der Waals surface area contributed by atoms with Gasteiger partial charge in [0.1, 0.15) is 23.2 Å². The monoisotopic (exact) mass is 537 g/mol. The van der Waals surface area contributed by atoms with Gasteiger partial charge in [0.25, 0.3) is 5.91 Å². The van der Waals surface area contributed by atoms with Gasteiger partial charge in [0, 0.05) is 24.2 Å². The average Bonchev–Trinajstić information content (AvgIpc) is 3.28. The number of hydrogen-bond acceptors (Lipinski definition) is 5. The quantitative estimate of drug-likeness (QED) is 0.331. The molecule has 0 unspecified atom stereocenters. The van der Waals surface area contributed by atoms with E-state index in [1.807, 2.05) is 4.68 Å². The number of nitrogens with zero attached hydrogens (tertiary/aromatic N) is 3. The minimum atomic E-state index is -0.769. The summed E-state index contributed by atoms with van der Waals surface area (Å²) in [7, 11) is 1.46. The van der Waals surface area contributed by atoms with Gasteiger partial charge in [-0.25, -0.2) is 8.78 Å². The molecule has 3 aromatic rings. The molecule has 0 N–H and O–H groups in total. The van der Waals surface area contributed by atoms with Crippen molar-refractivity contribution in [1.82, 2.24) is 14.7 Å². The van der Waals surface area contributed by atoms with Crippen molar-refractivity contribution in [3.05, 3.63) is 82.2 Å². The molecule has 4 rings (SSSR count). The van der Waals surface area contributed by atoms with Crippen LogP contribution in [0.25, 0.3) is 0 Å². The molecule has 1 aromatic heterocycles. The third-order valence-corrected chi connectivity index (χ3v) is 7.54. The van der Waals surface area contributed by atoms with Crippen LogP contribution in [-0.4, -0.2) is 45.8 Å².